The van der Waals surface area contributed by atoms with Crippen LogP contribution in [0.3, 0.4) is 0 Å². The summed E-state index contributed by atoms with van der Waals surface area (Å²) in [6, 6.07) is 0. The molecule has 0 radical (unpaired) electrons. The third kappa shape index (κ3) is 9.31. The van der Waals surface area contributed by atoms with Crippen LogP contribution in [0.1, 0.15) is 47.0 Å². The molecule has 1 unspecified atom stereocenters. The highest BCUT2D eigenvalue weighted by Crippen LogP contribution is 2.18. The van der Waals surface area contributed by atoms with E-state index >= 15 is 0 Å². The molecule has 1 aliphatic heterocycles. The van der Waals surface area contributed by atoms with Crippen molar-refractivity contribution in [1.82, 2.24) is 15.5 Å². The van der Waals surface area contributed by atoms with E-state index in [0.29, 0.717) is 25.4 Å². The quantitative estimate of drug-likeness (QED) is 0.622. The summed E-state index contributed by atoms with van der Waals surface area (Å²) >= 11 is 1.64. The van der Waals surface area contributed by atoms with Crippen molar-refractivity contribution in [2.75, 3.05) is 37.7 Å². The number of carbonyl (C=O) groups excluding carboxylic acids is 3. The van der Waals surface area contributed by atoms with Crippen LogP contribution in [0.2, 0.25) is 0 Å². The molecule has 0 aliphatic carbocycles. The van der Waals surface area contributed by atoms with E-state index in [0.717, 1.165) is 31.6 Å². The summed E-state index contributed by atoms with van der Waals surface area (Å²) in [6.07, 6.45) is 2.20. The number of hydrogen-bond donors (Lipinski definition) is 2. The van der Waals surface area contributed by atoms with Crippen molar-refractivity contribution in [1.29, 1.82) is 0 Å². The number of nitrogens with zero attached hydrogens (tertiary/aromatic N) is 1. The Morgan fingerprint density at radius 3 is 2.54 bits per heavy atom. The van der Waals surface area contributed by atoms with Crippen molar-refractivity contribution in [2.45, 2.75) is 52.6 Å². The Labute approximate surface area is 161 Å². The minimum absolute atomic E-state index is 0.0605. The van der Waals surface area contributed by atoms with Gasteiger partial charge in [-0.15, -0.1) is 0 Å². The van der Waals surface area contributed by atoms with Gasteiger partial charge in [-0.1, -0.05) is 6.92 Å². The van der Waals surface area contributed by atoms with Gasteiger partial charge in [-0.2, -0.15) is 11.8 Å². The molecule has 0 bridgehead atoms. The van der Waals surface area contributed by atoms with E-state index in [2.05, 4.69) is 17.6 Å². The molecule has 0 spiro atoms. The minimum atomic E-state index is -0.541. The van der Waals surface area contributed by atoms with Gasteiger partial charge < -0.3 is 20.3 Å². The van der Waals surface area contributed by atoms with E-state index in [4.69, 9.17) is 4.74 Å². The monoisotopic (exact) mass is 387 g/mol. The second kappa shape index (κ2) is 11.3. The molecule has 1 heterocycles. The Bertz CT molecular complexity index is 480. The zero-order chi connectivity index (χ0) is 19.6. The highest BCUT2D eigenvalue weighted by atomic mass is 32.2. The standard InChI is InChI=1S/C18H33N3O4S/c1-5-11-26-13-15(22)21-10-6-7-14(12-21)16(23)19-8-9-20-17(24)25-18(2,3)4/h14H,5-13H2,1-4H3,(H,19,23)(H,20,24). The van der Waals surface area contributed by atoms with E-state index < -0.39 is 11.7 Å². The predicted molar refractivity (Wildman–Crippen MR) is 104 cm³/mol. The van der Waals surface area contributed by atoms with Gasteiger partial charge in [-0.25, -0.2) is 4.79 Å². The average Bonchev–Trinajstić information content (AvgIpc) is 2.57. The Hall–Kier alpha value is -1.44. The van der Waals surface area contributed by atoms with Crippen molar-refractivity contribution < 1.29 is 19.1 Å². The lowest BCUT2D eigenvalue weighted by Gasteiger charge is -2.32. The smallest absolute Gasteiger partial charge is 0.407 e. The molecule has 26 heavy (non-hydrogen) atoms. The lowest BCUT2D eigenvalue weighted by molar-refractivity contribution is -0.133. The van der Waals surface area contributed by atoms with Gasteiger partial charge in [0, 0.05) is 26.2 Å². The molecule has 8 heteroatoms. The molecule has 3 amide bonds. The van der Waals surface area contributed by atoms with Crippen molar-refractivity contribution in [3.63, 3.8) is 0 Å². The lowest BCUT2D eigenvalue weighted by atomic mass is 9.97. The van der Waals surface area contributed by atoms with Crippen molar-refractivity contribution in [3.05, 3.63) is 0 Å². The van der Waals surface area contributed by atoms with Gasteiger partial charge in [-0.3, -0.25) is 9.59 Å². The largest absolute Gasteiger partial charge is 0.444 e. The van der Waals surface area contributed by atoms with Crippen LogP contribution in [0.4, 0.5) is 4.79 Å². The van der Waals surface area contributed by atoms with E-state index in [1.807, 2.05) is 0 Å². The van der Waals surface area contributed by atoms with E-state index in [1.54, 1.807) is 37.4 Å². The molecule has 1 aliphatic rings. The molecule has 0 saturated carbocycles. The fourth-order valence-corrected chi connectivity index (χ4v) is 3.41. The first-order valence-corrected chi connectivity index (χ1v) is 10.5. The molecule has 1 saturated heterocycles. The number of alkyl carbamates (subject to hydrolysis) is 1. The van der Waals surface area contributed by atoms with Gasteiger partial charge in [0.15, 0.2) is 0 Å². The summed E-state index contributed by atoms with van der Waals surface area (Å²) in [5.41, 5.74) is -0.541. The number of amides is 3. The molecule has 0 aromatic heterocycles. The summed E-state index contributed by atoms with van der Waals surface area (Å²) < 4.78 is 5.13. The zero-order valence-electron chi connectivity index (χ0n) is 16.4. The van der Waals surface area contributed by atoms with Crippen LogP contribution >= 0.6 is 11.8 Å². The van der Waals surface area contributed by atoms with Gasteiger partial charge in [0.2, 0.25) is 11.8 Å². The van der Waals surface area contributed by atoms with Crippen molar-refractivity contribution in [2.24, 2.45) is 5.92 Å². The first-order chi connectivity index (χ1) is 12.2. The summed E-state index contributed by atoms with van der Waals surface area (Å²) in [4.78, 5) is 37.8. The molecule has 1 atom stereocenters. The molecule has 2 N–H and O–H groups in total. The Morgan fingerprint density at radius 1 is 1.19 bits per heavy atom. The van der Waals surface area contributed by atoms with Crippen LogP contribution < -0.4 is 10.6 Å². The van der Waals surface area contributed by atoms with E-state index in [-0.39, 0.29) is 17.7 Å². The fraction of sp³-hybridized carbons (Fsp3) is 0.833. The second-order valence-corrected chi connectivity index (χ2v) is 8.56. The van der Waals surface area contributed by atoms with E-state index in [1.165, 1.54) is 0 Å². The molecule has 0 aromatic carbocycles. The molecule has 1 rings (SSSR count). The number of nitrogens with one attached hydrogen (secondary N) is 2. The average molecular weight is 388 g/mol. The fourth-order valence-electron chi connectivity index (χ4n) is 2.62. The van der Waals surface area contributed by atoms with Crippen LogP contribution in [0.25, 0.3) is 0 Å². The summed E-state index contributed by atoms with van der Waals surface area (Å²) in [5.74, 6) is 1.35. The maximum Gasteiger partial charge on any atom is 0.407 e. The number of likely N-dealkylation sites (tertiary alicyclic amines) is 1. The number of hydrogen-bond acceptors (Lipinski definition) is 5. The van der Waals surface area contributed by atoms with Gasteiger partial charge in [0.1, 0.15) is 5.60 Å². The summed E-state index contributed by atoms with van der Waals surface area (Å²) in [5, 5.41) is 5.44. The Morgan fingerprint density at radius 2 is 1.88 bits per heavy atom. The first kappa shape index (κ1) is 22.6. The van der Waals surface area contributed by atoms with Crippen LogP contribution in [-0.2, 0) is 14.3 Å². The molecule has 150 valence electrons. The van der Waals surface area contributed by atoms with Crippen LogP contribution in [-0.4, -0.2) is 66.1 Å². The topological polar surface area (TPSA) is 87.7 Å². The molecule has 7 nitrogen and oxygen atoms in total. The number of piperidine rings is 1. The number of ether oxygens (including phenoxy) is 1. The van der Waals surface area contributed by atoms with Gasteiger partial charge in [-0.05, 0) is 45.8 Å². The SMILES string of the molecule is CCCSCC(=O)N1CCCC(C(=O)NCCNC(=O)OC(C)(C)C)C1. The Balaban J connectivity index is 2.27. The van der Waals surface area contributed by atoms with Crippen LogP contribution in [0, 0.1) is 5.92 Å². The maximum atomic E-state index is 12.3. The normalized spacial score (nSPS) is 17.5. The van der Waals surface area contributed by atoms with Crippen LogP contribution in [0.15, 0.2) is 0 Å². The molecular weight excluding hydrogens is 354 g/mol. The van der Waals surface area contributed by atoms with E-state index in [9.17, 15) is 14.4 Å². The zero-order valence-corrected chi connectivity index (χ0v) is 17.2. The first-order valence-electron chi connectivity index (χ1n) is 9.33. The molecule has 1 fully saturated rings. The van der Waals surface area contributed by atoms with Crippen molar-refractivity contribution >= 4 is 29.7 Å². The number of carbonyl (C=O) groups is 3. The highest BCUT2D eigenvalue weighted by Gasteiger charge is 2.28. The maximum absolute atomic E-state index is 12.3. The predicted octanol–water partition coefficient (Wildman–Crippen LogP) is 2.01. The van der Waals surface area contributed by atoms with Crippen molar-refractivity contribution in [3.8, 4) is 0 Å². The van der Waals surface area contributed by atoms with Crippen LogP contribution in [0.5, 0.6) is 0 Å². The molecular formula is C18H33N3O4S. The third-order valence-corrected chi connectivity index (χ3v) is 4.96. The van der Waals surface area contributed by atoms with Gasteiger partial charge in [0.25, 0.3) is 0 Å². The van der Waals surface area contributed by atoms with Gasteiger partial charge >= 0.3 is 6.09 Å². The van der Waals surface area contributed by atoms with Gasteiger partial charge in [0.05, 0.1) is 11.7 Å². The minimum Gasteiger partial charge on any atom is -0.444 e. The summed E-state index contributed by atoms with van der Waals surface area (Å²) in [6.45, 7) is 9.35. The second-order valence-electron chi connectivity index (χ2n) is 7.45. The highest BCUT2D eigenvalue weighted by molar-refractivity contribution is 7.99. The molecule has 0 aromatic rings. The number of thioether (sulfide) groups is 1. The Kier molecular flexibility index (Phi) is 9.83. The number of rotatable bonds is 8. The third-order valence-electron chi connectivity index (χ3n) is 3.81. The summed E-state index contributed by atoms with van der Waals surface area (Å²) in [7, 11) is 0. The lowest BCUT2D eigenvalue weighted by Crippen LogP contribution is -2.47.